The third-order valence-electron chi connectivity index (χ3n) is 9.91. The van der Waals surface area contributed by atoms with E-state index in [1.807, 2.05) is 19.9 Å². The molecule has 34 heavy (non-hydrogen) atoms. The Morgan fingerprint density at radius 1 is 1.21 bits per heavy atom. The molecule has 3 heterocycles. The lowest BCUT2D eigenvalue weighted by Crippen LogP contribution is -2.66. The number of ketones is 1. The van der Waals surface area contributed by atoms with Gasteiger partial charge in [-0.15, -0.1) is 0 Å². The predicted molar refractivity (Wildman–Crippen MR) is 119 cm³/mol. The van der Waals surface area contributed by atoms with E-state index >= 15 is 0 Å². The van der Waals surface area contributed by atoms with Crippen LogP contribution in [-0.4, -0.2) is 43.1 Å². The molecule has 0 unspecified atom stereocenters. The van der Waals surface area contributed by atoms with Crippen LogP contribution in [0.5, 0.6) is 0 Å². The standard InChI is InChI=1S/C27H30O7/c1-13-15(14-7-9-32-12-14)10-16-20(13)27(4)17(11-19(29)31-5)26(3)18(28)6-8-25(2)22(26)21(23(27)33-16)34-24(25)30/h6-9,12,15-17,21-23H,10-11H2,1-5H3/t15-,16-,17-,21+,22-,23+,25+,26-,27+/m1/s1. The molecule has 2 aliphatic heterocycles. The lowest BCUT2D eigenvalue weighted by molar-refractivity contribution is -0.190. The molecule has 9 atom stereocenters. The largest absolute Gasteiger partial charge is 0.472 e. The molecular weight excluding hydrogens is 436 g/mol. The predicted octanol–water partition coefficient (Wildman–Crippen LogP) is 3.74. The van der Waals surface area contributed by atoms with Gasteiger partial charge in [0.2, 0.25) is 0 Å². The van der Waals surface area contributed by atoms with E-state index < -0.39 is 40.3 Å². The van der Waals surface area contributed by atoms with Crippen LogP contribution in [0.15, 0.2) is 46.3 Å². The number of furan rings is 1. The molecule has 0 N–H and O–H groups in total. The normalized spacial score (nSPS) is 46.3. The summed E-state index contributed by atoms with van der Waals surface area (Å²) in [7, 11) is 1.37. The maximum absolute atomic E-state index is 13.7. The Morgan fingerprint density at radius 3 is 2.65 bits per heavy atom. The monoisotopic (exact) mass is 466 g/mol. The first-order chi connectivity index (χ1) is 16.1. The average Bonchev–Trinajstić information content (AvgIpc) is 3.54. The minimum atomic E-state index is -0.987. The number of methoxy groups -OCH3 is 1. The summed E-state index contributed by atoms with van der Waals surface area (Å²) in [5, 5.41) is 0. The van der Waals surface area contributed by atoms with Crippen LogP contribution in [0.25, 0.3) is 0 Å². The van der Waals surface area contributed by atoms with E-state index in [4.69, 9.17) is 18.6 Å². The first-order valence-corrected chi connectivity index (χ1v) is 12.0. The highest BCUT2D eigenvalue weighted by Gasteiger charge is 2.77. The number of esters is 2. The van der Waals surface area contributed by atoms with Crippen LogP contribution >= 0.6 is 0 Å². The maximum Gasteiger partial charge on any atom is 0.316 e. The molecule has 5 aliphatic rings. The summed E-state index contributed by atoms with van der Waals surface area (Å²) in [6.45, 7) is 7.96. The van der Waals surface area contributed by atoms with Gasteiger partial charge in [-0.25, -0.2) is 0 Å². The summed E-state index contributed by atoms with van der Waals surface area (Å²) in [5.74, 6) is -1.46. The van der Waals surface area contributed by atoms with Gasteiger partial charge in [0.1, 0.15) is 12.2 Å². The molecule has 3 fully saturated rings. The molecule has 0 radical (unpaired) electrons. The first kappa shape index (κ1) is 21.8. The van der Waals surface area contributed by atoms with Crippen LogP contribution in [-0.2, 0) is 28.6 Å². The van der Waals surface area contributed by atoms with Crippen molar-refractivity contribution in [3.63, 3.8) is 0 Å². The highest BCUT2D eigenvalue weighted by atomic mass is 16.6. The third kappa shape index (κ3) is 2.34. The lowest BCUT2D eigenvalue weighted by atomic mass is 9.42. The van der Waals surface area contributed by atoms with E-state index in [-0.39, 0.29) is 36.2 Å². The van der Waals surface area contributed by atoms with Crippen LogP contribution in [0.3, 0.4) is 0 Å². The summed E-state index contributed by atoms with van der Waals surface area (Å²) in [4.78, 5) is 39.6. The van der Waals surface area contributed by atoms with Gasteiger partial charge >= 0.3 is 11.9 Å². The van der Waals surface area contributed by atoms with Gasteiger partial charge in [0.15, 0.2) is 5.78 Å². The minimum absolute atomic E-state index is 0.0658. The summed E-state index contributed by atoms with van der Waals surface area (Å²) < 4.78 is 23.2. The van der Waals surface area contributed by atoms with Crippen molar-refractivity contribution in [1.82, 2.24) is 0 Å². The number of rotatable bonds is 3. The van der Waals surface area contributed by atoms with Crippen molar-refractivity contribution in [1.29, 1.82) is 0 Å². The van der Waals surface area contributed by atoms with Gasteiger partial charge < -0.3 is 18.6 Å². The number of carbonyl (C=O) groups is 3. The summed E-state index contributed by atoms with van der Waals surface area (Å²) in [5.41, 5.74) is 0.794. The van der Waals surface area contributed by atoms with Crippen LogP contribution in [0.2, 0.25) is 0 Å². The molecule has 7 heteroatoms. The van der Waals surface area contributed by atoms with Gasteiger partial charge in [-0.1, -0.05) is 25.5 Å². The van der Waals surface area contributed by atoms with Crippen LogP contribution in [0, 0.1) is 28.1 Å². The molecule has 1 aromatic heterocycles. The van der Waals surface area contributed by atoms with Crippen molar-refractivity contribution < 1.29 is 33.0 Å². The Morgan fingerprint density at radius 2 is 1.97 bits per heavy atom. The Labute approximate surface area is 198 Å². The van der Waals surface area contributed by atoms with Crippen LogP contribution in [0.1, 0.15) is 52.0 Å². The molecule has 0 amide bonds. The summed E-state index contributed by atoms with van der Waals surface area (Å²) >= 11 is 0. The Bertz CT molecular complexity index is 1160. The molecule has 0 spiro atoms. The zero-order valence-corrected chi connectivity index (χ0v) is 20.1. The number of carbonyl (C=O) groups excluding carboxylic acids is 3. The van der Waals surface area contributed by atoms with Crippen molar-refractivity contribution in [2.24, 2.45) is 28.1 Å². The van der Waals surface area contributed by atoms with Crippen molar-refractivity contribution in [2.75, 3.05) is 7.11 Å². The molecular formula is C27H30O7. The smallest absolute Gasteiger partial charge is 0.316 e. The van der Waals surface area contributed by atoms with Gasteiger partial charge in [-0.2, -0.15) is 0 Å². The summed E-state index contributed by atoms with van der Waals surface area (Å²) in [6, 6.07) is 1.97. The number of ether oxygens (including phenoxy) is 3. The number of fused-ring (bicyclic) bond motifs is 4. The molecule has 1 aromatic rings. The lowest BCUT2D eigenvalue weighted by Gasteiger charge is -2.59. The Hall–Kier alpha value is -2.67. The second-order valence-corrected chi connectivity index (χ2v) is 11.2. The molecule has 0 bridgehead atoms. The fraction of sp³-hybridized carbons (Fsp3) is 0.593. The second kappa shape index (κ2) is 6.72. The highest BCUT2D eigenvalue weighted by molar-refractivity contribution is 6.00. The number of hydrogen-bond acceptors (Lipinski definition) is 7. The topological polar surface area (TPSA) is 92.0 Å². The van der Waals surface area contributed by atoms with Crippen LogP contribution in [0.4, 0.5) is 0 Å². The number of allylic oxidation sites excluding steroid dienone is 2. The maximum atomic E-state index is 13.7. The van der Waals surface area contributed by atoms with E-state index in [1.54, 1.807) is 18.6 Å². The molecule has 3 aliphatic carbocycles. The van der Waals surface area contributed by atoms with Crippen molar-refractivity contribution in [3.8, 4) is 0 Å². The van der Waals surface area contributed by atoms with E-state index in [9.17, 15) is 14.4 Å². The van der Waals surface area contributed by atoms with Gasteiger partial charge in [0, 0.05) is 22.7 Å². The minimum Gasteiger partial charge on any atom is -0.472 e. The fourth-order valence-corrected chi connectivity index (χ4v) is 8.41. The molecule has 1 saturated carbocycles. The van der Waals surface area contributed by atoms with Crippen molar-refractivity contribution >= 4 is 17.7 Å². The van der Waals surface area contributed by atoms with Crippen LogP contribution < -0.4 is 0 Å². The highest BCUT2D eigenvalue weighted by Crippen LogP contribution is 2.72. The SMILES string of the molecule is COC(=O)C[C@@H]1[C@]2(C)C(=O)C=C[C@]3(C)C(=O)O[C@H]([C@@H]4O[C@@H]5C[C@@H](c6ccoc6)C(C)=C5[C@]14C)[C@@H]23. The van der Waals surface area contributed by atoms with Gasteiger partial charge in [-0.05, 0) is 49.5 Å². The Kier molecular flexibility index (Phi) is 4.31. The fourth-order valence-electron chi connectivity index (χ4n) is 8.41. The van der Waals surface area contributed by atoms with Gasteiger partial charge in [0.25, 0.3) is 0 Å². The van der Waals surface area contributed by atoms with Crippen molar-refractivity contribution in [3.05, 3.63) is 47.5 Å². The number of hydrogen-bond donors (Lipinski definition) is 0. The molecule has 7 nitrogen and oxygen atoms in total. The molecule has 2 saturated heterocycles. The third-order valence-corrected chi connectivity index (χ3v) is 9.91. The summed E-state index contributed by atoms with van der Waals surface area (Å²) in [6.07, 6.45) is 6.29. The van der Waals surface area contributed by atoms with Crippen molar-refractivity contribution in [2.45, 2.75) is 64.8 Å². The van der Waals surface area contributed by atoms with E-state index in [2.05, 4.69) is 13.8 Å². The average molecular weight is 467 g/mol. The molecule has 6 rings (SSSR count). The van der Waals surface area contributed by atoms with E-state index in [1.165, 1.54) is 18.8 Å². The Balaban J connectivity index is 1.58. The van der Waals surface area contributed by atoms with E-state index in [0.29, 0.717) is 0 Å². The zero-order valence-electron chi connectivity index (χ0n) is 20.1. The molecule has 180 valence electrons. The van der Waals surface area contributed by atoms with Gasteiger partial charge in [0.05, 0.1) is 37.6 Å². The quantitative estimate of drug-likeness (QED) is 0.495. The van der Waals surface area contributed by atoms with Gasteiger partial charge in [-0.3, -0.25) is 14.4 Å². The zero-order chi connectivity index (χ0) is 24.2. The molecule has 0 aromatic carbocycles. The first-order valence-electron chi connectivity index (χ1n) is 12.0. The van der Waals surface area contributed by atoms with E-state index in [0.717, 1.165) is 17.6 Å². The second-order valence-electron chi connectivity index (χ2n) is 11.2.